The van der Waals surface area contributed by atoms with Gasteiger partial charge < -0.3 is 15.6 Å². The number of piperidine rings is 1. The van der Waals surface area contributed by atoms with Gasteiger partial charge >= 0.3 is 6.18 Å². The van der Waals surface area contributed by atoms with E-state index in [2.05, 4.69) is 44.4 Å². The zero-order chi connectivity index (χ0) is 23.2. The van der Waals surface area contributed by atoms with E-state index in [0.29, 0.717) is 12.1 Å². The van der Waals surface area contributed by atoms with E-state index in [1.54, 1.807) is 18.5 Å². The van der Waals surface area contributed by atoms with Crippen molar-refractivity contribution in [2.45, 2.75) is 57.3 Å². The van der Waals surface area contributed by atoms with Crippen LogP contribution in [0.2, 0.25) is 0 Å². The number of nitrogens with one attached hydrogen (secondary N) is 3. The van der Waals surface area contributed by atoms with Gasteiger partial charge in [-0.2, -0.15) is 13.2 Å². The first-order valence-electron chi connectivity index (χ1n) is 11.4. The maximum absolute atomic E-state index is 13.9. The van der Waals surface area contributed by atoms with Crippen LogP contribution < -0.4 is 16.1 Å². The van der Waals surface area contributed by atoms with E-state index in [0.717, 1.165) is 47.7 Å². The Hall–Kier alpha value is -2.25. The van der Waals surface area contributed by atoms with Crippen LogP contribution in [0.3, 0.4) is 0 Å². The van der Waals surface area contributed by atoms with Crippen molar-refractivity contribution in [3.05, 3.63) is 30.2 Å². The fraction of sp³-hybridized carbons (Fsp3) is 0.522. The van der Waals surface area contributed by atoms with Gasteiger partial charge in [-0.1, -0.05) is 7.92 Å². The Kier molecular flexibility index (Phi) is 5.81. The zero-order valence-electron chi connectivity index (χ0n) is 18.8. The summed E-state index contributed by atoms with van der Waals surface area (Å²) in [6, 6.07) is 1.84. The molecule has 2 aliphatic rings. The number of aromatic nitrogens is 4. The van der Waals surface area contributed by atoms with Crippen molar-refractivity contribution in [3.63, 3.8) is 0 Å². The number of aromatic amines is 1. The van der Waals surface area contributed by atoms with Crippen LogP contribution in [0.4, 0.5) is 19.1 Å². The number of halogens is 3. The molecule has 0 aliphatic carbocycles. The molecule has 6 nitrogen and oxygen atoms in total. The number of hydrogen-bond donors (Lipinski definition) is 3. The van der Waals surface area contributed by atoms with Crippen molar-refractivity contribution >= 4 is 30.2 Å². The van der Waals surface area contributed by atoms with Gasteiger partial charge in [-0.3, -0.25) is 4.98 Å². The quantitative estimate of drug-likeness (QED) is 0.468. The lowest BCUT2D eigenvalue weighted by Gasteiger charge is -2.36. The molecular weight excluding hydrogens is 448 g/mol. The highest BCUT2D eigenvalue weighted by Crippen LogP contribution is 2.44. The van der Waals surface area contributed by atoms with E-state index in [1.165, 1.54) is 12.8 Å². The van der Waals surface area contributed by atoms with Crippen molar-refractivity contribution in [2.24, 2.45) is 0 Å². The van der Waals surface area contributed by atoms with Crippen LogP contribution in [0.5, 0.6) is 0 Å². The van der Waals surface area contributed by atoms with Gasteiger partial charge in [0, 0.05) is 47.7 Å². The van der Waals surface area contributed by atoms with Gasteiger partial charge in [0.25, 0.3) is 0 Å². The average Bonchev–Trinajstić information content (AvgIpc) is 3.44. The Labute approximate surface area is 192 Å². The first kappa shape index (κ1) is 22.5. The number of anilines is 1. The summed E-state index contributed by atoms with van der Waals surface area (Å²) < 4.78 is 41.7. The SMILES string of the molecule is CC1(C)CCC(Nc2ncc(C(F)(F)F)c(-c3c[nH]c4c(P5CCCC5)nccc34)n2)CN1. The van der Waals surface area contributed by atoms with Crippen LogP contribution in [0.1, 0.15) is 45.1 Å². The number of nitrogens with zero attached hydrogens (tertiary/aromatic N) is 3. The highest BCUT2D eigenvalue weighted by atomic mass is 31.1. The van der Waals surface area contributed by atoms with E-state index < -0.39 is 11.7 Å². The van der Waals surface area contributed by atoms with E-state index in [1.807, 2.05) is 0 Å². The molecule has 0 radical (unpaired) electrons. The lowest BCUT2D eigenvalue weighted by molar-refractivity contribution is -0.137. The van der Waals surface area contributed by atoms with Gasteiger partial charge in [-0.15, -0.1) is 0 Å². The standard InChI is InChI=1S/C23H28F3N6P/c1-22(2)7-5-14(11-30-22)31-21-29-13-17(23(24,25)26)18(32-21)16-12-28-19-15(16)6-8-27-20(19)33-9-3-4-10-33/h6,8,12-14,28,30H,3-5,7,9-11H2,1-2H3,(H,29,31,32). The fourth-order valence-corrected chi connectivity index (χ4v) is 7.29. The Morgan fingerprint density at radius 2 is 1.97 bits per heavy atom. The Morgan fingerprint density at radius 3 is 2.67 bits per heavy atom. The average molecular weight is 476 g/mol. The van der Waals surface area contributed by atoms with Crippen LogP contribution in [0.15, 0.2) is 24.7 Å². The summed E-state index contributed by atoms with van der Waals surface area (Å²) in [5, 5.41) is 7.42. The molecule has 0 saturated carbocycles. The Balaban J connectivity index is 1.53. The third kappa shape index (κ3) is 4.58. The molecular formula is C23H28F3N6P. The molecule has 5 heterocycles. The van der Waals surface area contributed by atoms with Crippen LogP contribution in [-0.4, -0.2) is 50.4 Å². The van der Waals surface area contributed by atoms with Crippen LogP contribution in [0.25, 0.3) is 22.2 Å². The molecule has 1 unspecified atom stereocenters. The summed E-state index contributed by atoms with van der Waals surface area (Å²) in [5.41, 5.74) is 1.39. The highest BCUT2D eigenvalue weighted by molar-refractivity contribution is 7.66. The zero-order valence-corrected chi connectivity index (χ0v) is 19.7. The summed E-state index contributed by atoms with van der Waals surface area (Å²) in [5.74, 6) is 0.216. The van der Waals surface area contributed by atoms with E-state index in [4.69, 9.17) is 0 Å². The van der Waals surface area contributed by atoms with Crippen molar-refractivity contribution in [1.82, 2.24) is 25.3 Å². The second kappa shape index (κ2) is 8.51. The molecule has 3 aromatic heterocycles. The number of rotatable bonds is 4. The monoisotopic (exact) mass is 476 g/mol. The first-order chi connectivity index (χ1) is 15.7. The van der Waals surface area contributed by atoms with Crippen molar-refractivity contribution in [2.75, 3.05) is 24.2 Å². The number of hydrogen-bond acceptors (Lipinski definition) is 5. The molecule has 33 heavy (non-hydrogen) atoms. The maximum atomic E-state index is 13.9. The van der Waals surface area contributed by atoms with E-state index in [-0.39, 0.29) is 31.1 Å². The summed E-state index contributed by atoms with van der Waals surface area (Å²) >= 11 is 0. The molecule has 2 aliphatic heterocycles. The largest absolute Gasteiger partial charge is 0.419 e. The van der Waals surface area contributed by atoms with Crippen LogP contribution in [0, 0.1) is 0 Å². The lowest BCUT2D eigenvalue weighted by atomic mass is 9.91. The third-order valence-electron chi connectivity index (χ3n) is 6.61. The van der Waals surface area contributed by atoms with Crippen LogP contribution in [-0.2, 0) is 6.18 Å². The molecule has 0 spiro atoms. The molecule has 10 heteroatoms. The predicted octanol–water partition coefficient (Wildman–Crippen LogP) is 4.88. The van der Waals surface area contributed by atoms with Gasteiger partial charge in [0.15, 0.2) is 0 Å². The molecule has 0 bridgehead atoms. The van der Waals surface area contributed by atoms with Crippen molar-refractivity contribution in [1.29, 1.82) is 0 Å². The topological polar surface area (TPSA) is 78.5 Å². The molecule has 1 atom stereocenters. The highest BCUT2D eigenvalue weighted by Gasteiger charge is 2.36. The Morgan fingerprint density at radius 1 is 1.18 bits per heavy atom. The third-order valence-corrected chi connectivity index (χ3v) is 9.27. The second-order valence-corrected chi connectivity index (χ2v) is 11.9. The van der Waals surface area contributed by atoms with Gasteiger partial charge in [0.1, 0.15) is 5.56 Å². The van der Waals surface area contributed by atoms with Crippen molar-refractivity contribution in [3.8, 4) is 11.3 Å². The Bertz CT molecular complexity index is 1140. The minimum Gasteiger partial charge on any atom is -0.359 e. The number of pyridine rings is 1. The first-order valence-corrected chi connectivity index (χ1v) is 13.1. The predicted molar refractivity (Wildman–Crippen MR) is 126 cm³/mol. The lowest BCUT2D eigenvalue weighted by Crippen LogP contribution is -2.50. The van der Waals surface area contributed by atoms with Gasteiger partial charge in [-0.25, -0.2) is 9.97 Å². The summed E-state index contributed by atoms with van der Waals surface area (Å²) in [6.45, 7) is 4.99. The number of H-pyrrole nitrogens is 1. The molecule has 0 aromatic carbocycles. The summed E-state index contributed by atoms with van der Waals surface area (Å²) in [6.07, 6.45) is 6.14. The van der Waals surface area contributed by atoms with Crippen molar-refractivity contribution < 1.29 is 13.2 Å². The normalized spacial score (nSPS) is 21.5. The molecule has 2 saturated heterocycles. The number of fused-ring (bicyclic) bond motifs is 1. The van der Waals surface area contributed by atoms with E-state index in [9.17, 15) is 13.2 Å². The van der Waals surface area contributed by atoms with Gasteiger partial charge in [0.05, 0.1) is 16.6 Å². The molecule has 176 valence electrons. The molecule has 3 aromatic rings. The van der Waals surface area contributed by atoms with Crippen LogP contribution >= 0.6 is 7.92 Å². The maximum Gasteiger partial charge on any atom is 0.419 e. The fourth-order valence-electron chi connectivity index (χ4n) is 4.70. The minimum atomic E-state index is -4.56. The summed E-state index contributed by atoms with van der Waals surface area (Å²) in [4.78, 5) is 16.2. The molecule has 2 fully saturated rings. The molecule has 0 amide bonds. The summed E-state index contributed by atoms with van der Waals surface area (Å²) in [7, 11) is -0.369. The number of alkyl halides is 3. The second-order valence-electron chi connectivity index (χ2n) is 9.55. The van der Waals surface area contributed by atoms with E-state index >= 15 is 0 Å². The minimum absolute atomic E-state index is 0.0565. The van der Waals surface area contributed by atoms with Gasteiger partial charge in [-0.05, 0) is 57.9 Å². The van der Waals surface area contributed by atoms with Gasteiger partial charge in [0.2, 0.25) is 5.95 Å². The molecule has 3 N–H and O–H groups in total. The molecule has 5 rings (SSSR count). The smallest absolute Gasteiger partial charge is 0.359 e.